The second-order valence-corrected chi connectivity index (χ2v) is 5.87. The van der Waals surface area contributed by atoms with Gasteiger partial charge in [0, 0.05) is 0 Å². The summed E-state index contributed by atoms with van der Waals surface area (Å²) in [6.45, 7) is 4.87. The fourth-order valence-corrected chi connectivity index (χ4v) is 2.12. The molecule has 0 aliphatic rings. The van der Waals surface area contributed by atoms with Crippen molar-refractivity contribution >= 4 is 23.2 Å². The quantitative estimate of drug-likeness (QED) is 0.812. The third kappa shape index (κ3) is 4.50. The molecule has 0 saturated heterocycles. The van der Waals surface area contributed by atoms with Gasteiger partial charge >= 0.3 is 0 Å². The van der Waals surface area contributed by atoms with E-state index in [0.717, 1.165) is 6.42 Å². The Morgan fingerprint density at radius 3 is 2.55 bits per heavy atom. The largest absolute Gasteiger partial charge is 0.493 e. The maximum Gasteiger partial charge on any atom is 0.259 e. The van der Waals surface area contributed by atoms with Crippen LogP contribution in [0, 0.1) is 5.92 Å². The Balaban J connectivity index is 2.11. The summed E-state index contributed by atoms with van der Waals surface area (Å²) in [7, 11) is 0. The summed E-state index contributed by atoms with van der Waals surface area (Å²) in [4.78, 5) is 12.4. The summed E-state index contributed by atoms with van der Waals surface area (Å²) in [5.74, 6) is 0.921. The Kier molecular flexibility index (Phi) is 5.84. The summed E-state index contributed by atoms with van der Waals surface area (Å²) in [6.07, 6.45) is 0.945. The van der Waals surface area contributed by atoms with Crippen LogP contribution in [0.4, 0.5) is 5.69 Å². The molecule has 0 fully saturated rings. The van der Waals surface area contributed by atoms with Gasteiger partial charge in [-0.25, -0.2) is 0 Å². The monoisotopic (exact) mass is 317 g/mol. The van der Waals surface area contributed by atoms with E-state index in [0.29, 0.717) is 34.5 Å². The minimum Gasteiger partial charge on any atom is -0.493 e. The van der Waals surface area contributed by atoms with E-state index in [4.69, 9.17) is 16.3 Å². The van der Waals surface area contributed by atoms with Crippen LogP contribution in [0.1, 0.15) is 30.6 Å². The van der Waals surface area contributed by atoms with Gasteiger partial charge in [-0.15, -0.1) is 0 Å². The molecule has 0 heterocycles. The Labute approximate surface area is 136 Å². The Hall–Kier alpha value is -2.00. The summed E-state index contributed by atoms with van der Waals surface area (Å²) < 4.78 is 5.74. The minimum absolute atomic E-state index is 0.228. The lowest BCUT2D eigenvalue weighted by Crippen LogP contribution is -2.14. The van der Waals surface area contributed by atoms with Crippen LogP contribution >= 0.6 is 11.6 Å². The van der Waals surface area contributed by atoms with E-state index in [1.54, 1.807) is 18.2 Å². The molecule has 0 unspecified atom stereocenters. The molecular formula is C18H20ClNO2. The Bertz CT molecular complexity index is 640. The van der Waals surface area contributed by atoms with Crippen molar-refractivity contribution in [1.82, 2.24) is 0 Å². The number of benzene rings is 2. The number of anilines is 1. The summed E-state index contributed by atoms with van der Waals surface area (Å²) >= 11 is 6.07. The van der Waals surface area contributed by atoms with Gasteiger partial charge in [-0.05, 0) is 36.6 Å². The fourth-order valence-electron chi connectivity index (χ4n) is 1.94. The number of hydrogen-bond donors (Lipinski definition) is 1. The van der Waals surface area contributed by atoms with Crippen molar-refractivity contribution in [3.8, 4) is 5.75 Å². The van der Waals surface area contributed by atoms with E-state index in [9.17, 15) is 4.79 Å². The van der Waals surface area contributed by atoms with Gasteiger partial charge in [0.25, 0.3) is 5.91 Å². The molecule has 1 N–H and O–H groups in total. The van der Waals surface area contributed by atoms with Crippen LogP contribution < -0.4 is 10.1 Å². The number of amides is 1. The van der Waals surface area contributed by atoms with Crippen molar-refractivity contribution in [2.24, 2.45) is 5.92 Å². The molecule has 2 aromatic carbocycles. The summed E-state index contributed by atoms with van der Waals surface area (Å²) in [5, 5.41) is 3.32. The first-order chi connectivity index (χ1) is 10.6. The standard InChI is InChI=1S/C18H20ClNO2/c1-13(2)11-12-22-17-10-6-3-7-14(17)18(21)20-16-9-5-4-8-15(16)19/h3-10,13H,11-12H2,1-2H3,(H,20,21). The fraction of sp³-hybridized carbons (Fsp3) is 0.278. The highest BCUT2D eigenvalue weighted by atomic mass is 35.5. The van der Waals surface area contributed by atoms with Crippen LogP contribution in [0.15, 0.2) is 48.5 Å². The smallest absolute Gasteiger partial charge is 0.259 e. The third-order valence-electron chi connectivity index (χ3n) is 3.21. The highest BCUT2D eigenvalue weighted by Crippen LogP contribution is 2.24. The molecule has 0 aliphatic carbocycles. The molecular weight excluding hydrogens is 298 g/mol. The zero-order valence-electron chi connectivity index (χ0n) is 12.8. The predicted octanol–water partition coefficient (Wildman–Crippen LogP) is 5.02. The summed E-state index contributed by atoms with van der Waals surface area (Å²) in [5.41, 5.74) is 1.09. The molecule has 0 saturated carbocycles. The number of rotatable bonds is 6. The Morgan fingerprint density at radius 2 is 1.82 bits per heavy atom. The van der Waals surface area contributed by atoms with E-state index >= 15 is 0 Å². The van der Waals surface area contributed by atoms with Crippen molar-refractivity contribution < 1.29 is 9.53 Å². The van der Waals surface area contributed by atoms with E-state index in [-0.39, 0.29) is 5.91 Å². The van der Waals surface area contributed by atoms with Gasteiger partial charge in [-0.3, -0.25) is 4.79 Å². The molecule has 0 radical (unpaired) electrons. The van der Waals surface area contributed by atoms with Gasteiger partial charge in [-0.1, -0.05) is 49.7 Å². The molecule has 0 aromatic heterocycles. The highest BCUT2D eigenvalue weighted by Gasteiger charge is 2.13. The van der Waals surface area contributed by atoms with Crippen LogP contribution in [0.3, 0.4) is 0 Å². The molecule has 0 bridgehead atoms. The van der Waals surface area contributed by atoms with Crippen LogP contribution in [0.25, 0.3) is 0 Å². The zero-order valence-corrected chi connectivity index (χ0v) is 13.6. The van der Waals surface area contributed by atoms with Gasteiger partial charge in [0.15, 0.2) is 0 Å². The normalized spacial score (nSPS) is 10.5. The molecule has 1 amide bonds. The van der Waals surface area contributed by atoms with Crippen molar-refractivity contribution in [1.29, 1.82) is 0 Å². The lowest BCUT2D eigenvalue weighted by atomic mass is 10.1. The molecule has 22 heavy (non-hydrogen) atoms. The van der Waals surface area contributed by atoms with Gasteiger partial charge in [0.1, 0.15) is 5.75 Å². The van der Waals surface area contributed by atoms with Gasteiger partial charge in [-0.2, -0.15) is 0 Å². The average Bonchev–Trinajstić information content (AvgIpc) is 2.49. The van der Waals surface area contributed by atoms with Gasteiger partial charge < -0.3 is 10.1 Å². The van der Waals surface area contributed by atoms with Crippen LogP contribution in [0.2, 0.25) is 5.02 Å². The van der Waals surface area contributed by atoms with Crippen molar-refractivity contribution in [3.63, 3.8) is 0 Å². The van der Waals surface area contributed by atoms with E-state index in [2.05, 4.69) is 19.2 Å². The number of para-hydroxylation sites is 2. The number of carbonyl (C=O) groups is 1. The highest BCUT2D eigenvalue weighted by molar-refractivity contribution is 6.33. The van der Waals surface area contributed by atoms with Gasteiger partial charge in [0.2, 0.25) is 0 Å². The number of carbonyl (C=O) groups excluding carboxylic acids is 1. The molecule has 4 heteroatoms. The number of ether oxygens (including phenoxy) is 1. The second kappa shape index (κ2) is 7.85. The SMILES string of the molecule is CC(C)CCOc1ccccc1C(=O)Nc1ccccc1Cl. The van der Waals surface area contributed by atoms with E-state index in [1.807, 2.05) is 30.3 Å². The molecule has 116 valence electrons. The lowest BCUT2D eigenvalue weighted by molar-refractivity contribution is 0.102. The molecule has 0 spiro atoms. The van der Waals surface area contributed by atoms with Crippen molar-refractivity contribution in [2.75, 3.05) is 11.9 Å². The first kappa shape index (κ1) is 16.4. The Morgan fingerprint density at radius 1 is 1.14 bits per heavy atom. The third-order valence-corrected chi connectivity index (χ3v) is 3.54. The molecule has 3 nitrogen and oxygen atoms in total. The number of nitrogens with one attached hydrogen (secondary N) is 1. The molecule has 0 aliphatic heterocycles. The molecule has 2 rings (SSSR count). The predicted molar refractivity (Wildman–Crippen MR) is 90.8 cm³/mol. The second-order valence-electron chi connectivity index (χ2n) is 5.46. The maximum atomic E-state index is 12.4. The zero-order chi connectivity index (χ0) is 15.9. The van der Waals surface area contributed by atoms with Crippen LogP contribution in [-0.4, -0.2) is 12.5 Å². The minimum atomic E-state index is -0.228. The summed E-state index contributed by atoms with van der Waals surface area (Å²) in [6, 6.07) is 14.4. The average molecular weight is 318 g/mol. The maximum absolute atomic E-state index is 12.4. The topological polar surface area (TPSA) is 38.3 Å². The number of halogens is 1. The van der Waals surface area contributed by atoms with Crippen LogP contribution in [-0.2, 0) is 0 Å². The van der Waals surface area contributed by atoms with Crippen molar-refractivity contribution in [3.05, 3.63) is 59.1 Å². The van der Waals surface area contributed by atoms with E-state index in [1.165, 1.54) is 0 Å². The first-order valence-corrected chi connectivity index (χ1v) is 7.73. The lowest BCUT2D eigenvalue weighted by Gasteiger charge is -2.13. The first-order valence-electron chi connectivity index (χ1n) is 7.35. The van der Waals surface area contributed by atoms with Gasteiger partial charge in [0.05, 0.1) is 22.9 Å². The van der Waals surface area contributed by atoms with Crippen molar-refractivity contribution in [2.45, 2.75) is 20.3 Å². The molecule has 2 aromatic rings. The van der Waals surface area contributed by atoms with Crippen LogP contribution in [0.5, 0.6) is 5.75 Å². The number of hydrogen-bond acceptors (Lipinski definition) is 2. The van der Waals surface area contributed by atoms with E-state index < -0.39 is 0 Å². The molecule has 0 atom stereocenters.